The summed E-state index contributed by atoms with van der Waals surface area (Å²) in [6.07, 6.45) is 2.22. The molecule has 0 radical (unpaired) electrons. The van der Waals surface area contributed by atoms with Crippen molar-refractivity contribution >= 4 is 5.97 Å². The van der Waals surface area contributed by atoms with Gasteiger partial charge in [0.1, 0.15) is 17.6 Å². The van der Waals surface area contributed by atoms with Crippen LogP contribution in [0.15, 0.2) is 24.3 Å². The Morgan fingerprint density at radius 2 is 2.24 bits per heavy atom. The molecule has 5 heteroatoms. The van der Waals surface area contributed by atoms with E-state index < -0.39 is 11.9 Å². The third-order valence-corrected chi connectivity index (χ3v) is 4.07. The van der Waals surface area contributed by atoms with Gasteiger partial charge in [-0.2, -0.15) is 0 Å². The van der Waals surface area contributed by atoms with E-state index in [4.69, 9.17) is 0 Å². The number of rotatable bonds is 3. The van der Waals surface area contributed by atoms with Gasteiger partial charge in [0.2, 0.25) is 0 Å². The molecule has 0 fully saturated rings. The first kappa shape index (κ1) is 13.8. The third-order valence-electron chi connectivity index (χ3n) is 4.07. The molecular formula is C16H17FN2O2. The number of hydrogen-bond donors (Lipinski definition) is 1. The number of imidazole rings is 1. The quantitative estimate of drug-likeness (QED) is 0.943. The number of benzene rings is 1. The van der Waals surface area contributed by atoms with E-state index in [2.05, 4.69) is 4.98 Å². The molecule has 1 aliphatic carbocycles. The van der Waals surface area contributed by atoms with E-state index in [1.807, 2.05) is 11.5 Å². The lowest BCUT2D eigenvalue weighted by Gasteiger charge is -2.19. The number of carboxylic acids is 1. The normalized spacial score (nSPS) is 17.5. The summed E-state index contributed by atoms with van der Waals surface area (Å²) >= 11 is 0. The van der Waals surface area contributed by atoms with Crippen molar-refractivity contribution in [3.63, 3.8) is 0 Å². The minimum absolute atomic E-state index is 0.332. The van der Waals surface area contributed by atoms with Crippen molar-refractivity contribution in [3.8, 4) is 11.4 Å². The van der Waals surface area contributed by atoms with Gasteiger partial charge in [-0.15, -0.1) is 0 Å². The molecule has 110 valence electrons. The first-order valence-corrected chi connectivity index (χ1v) is 7.20. The summed E-state index contributed by atoms with van der Waals surface area (Å²) in [5.41, 5.74) is 1.97. The Kier molecular flexibility index (Phi) is 3.49. The second kappa shape index (κ2) is 5.31. The Morgan fingerprint density at radius 3 is 2.90 bits per heavy atom. The molecule has 1 unspecified atom stereocenters. The molecule has 0 spiro atoms. The highest BCUT2D eigenvalue weighted by molar-refractivity contribution is 5.76. The standard InChI is InChI=1S/C16H17FN2O2/c1-2-19-13-9-5-7-11(16(20)21)14(13)18-15(19)10-6-3-4-8-12(10)17/h3-4,6,8,11H,2,5,7,9H2,1H3,(H,20,21). The smallest absolute Gasteiger partial charge is 0.312 e. The van der Waals surface area contributed by atoms with Gasteiger partial charge >= 0.3 is 5.97 Å². The van der Waals surface area contributed by atoms with Gasteiger partial charge in [0.25, 0.3) is 0 Å². The van der Waals surface area contributed by atoms with Crippen LogP contribution in [-0.4, -0.2) is 20.6 Å². The molecule has 1 aliphatic rings. The number of halogens is 1. The predicted molar refractivity (Wildman–Crippen MR) is 76.6 cm³/mol. The Hall–Kier alpha value is -2.17. The fourth-order valence-corrected chi connectivity index (χ4v) is 3.09. The van der Waals surface area contributed by atoms with Gasteiger partial charge in [-0.25, -0.2) is 9.37 Å². The summed E-state index contributed by atoms with van der Waals surface area (Å²) in [6, 6.07) is 6.49. The number of carbonyl (C=O) groups is 1. The zero-order valence-corrected chi connectivity index (χ0v) is 11.8. The van der Waals surface area contributed by atoms with E-state index in [9.17, 15) is 14.3 Å². The molecule has 1 N–H and O–H groups in total. The second-order valence-electron chi connectivity index (χ2n) is 5.27. The van der Waals surface area contributed by atoms with Crippen LogP contribution in [0, 0.1) is 5.82 Å². The first-order chi connectivity index (χ1) is 10.1. The molecule has 0 amide bonds. The maximum Gasteiger partial charge on any atom is 0.312 e. The Morgan fingerprint density at radius 1 is 1.48 bits per heavy atom. The number of fused-ring (bicyclic) bond motifs is 1. The van der Waals surface area contributed by atoms with E-state index in [0.29, 0.717) is 30.0 Å². The van der Waals surface area contributed by atoms with Gasteiger partial charge in [-0.05, 0) is 38.3 Å². The van der Waals surface area contributed by atoms with Crippen LogP contribution in [-0.2, 0) is 17.8 Å². The lowest BCUT2D eigenvalue weighted by molar-refractivity contribution is -0.139. The van der Waals surface area contributed by atoms with Crippen LogP contribution in [0.2, 0.25) is 0 Å². The Bertz CT molecular complexity index is 694. The SMILES string of the molecule is CCn1c(-c2ccccc2F)nc2c1CCCC2C(=O)O. The summed E-state index contributed by atoms with van der Waals surface area (Å²) in [4.78, 5) is 15.9. The van der Waals surface area contributed by atoms with Gasteiger partial charge in [-0.1, -0.05) is 12.1 Å². The molecular weight excluding hydrogens is 271 g/mol. The number of hydrogen-bond acceptors (Lipinski definition) is 2. The van der Waals surface area contributed by atoms with Gasteiger partial charge < -0.3 is 9.67 Å². The summed E-state index contributed by atoms with van der Waals surface area (Å²) in [5, 5.41) is 9.36. The van der Waals surface area contributed by atoms with Crippen molar-refractivity contribution in [2.45, 2.75) is 38.6 Å². The fraction of sp³-hybridized carbons (Fsp3) is 0.375. The van der Waals surface area contributed by atoms with E-state index in [1.54, 1.807) is 18.2 Å². The van der Waals surface area contributed by atoms with Crippen LogP contribution in [0.4, 0.5) is 4.39 Å². The van der Waals surface area contributed by atoms with Crippen molar-refractivity contribution in [2.75, 3.05) is 0 Å². The average Bonchev–Trinajstić information content (AvgIpc) is 2.85. The molecule has 0 saturated heterocycles. The highest BCUT2D eigenvalue weighted by Crippen LogP contribution is 2.35. The lowest BCUT2D eigenvalue weighted by atomic mass is 9.90. The molecule has 4 nitrogen and oxygen atoms in total. The summed E-state index contributed by atoms with van der Waals surface area (Å²) in [5.74, 6) is -1.22. The number of aromatic nitrogens is 2. The van der Waals surface area contributed by atoms with Crippen LogP contribution in [0.3, 0.4) is 0 Å². The molecule has 1 atom stereocenters. The monoisotopic (exact) mass is 288 g/mol. The van der Waals surface area contributed by atoms with Crippen LogP contribution in [0.25, 0.3) is 11.4 Å². The molecule has 1 aromatic heterocycles. The predicted octanol–water partition coefficient (Wildman–Crippen LogP) is 3.21. The van der Waals surface area contributed by atoms with Crippen LogP contribution in [0.5, 0.6) is 0 Å². The largest absolute Gasteiger partial charge is 0.481 e. The van der Waals surface area contributed by atoms with Crippen LogP contribution >= 0.6 is 0 Å². The van der Waals surface area contributed by atoms with Gasteiger partial charge in [0.05, 0.1) is 11.3 Å². The van der Waals surface area contributed by atoms with Gasteiger partial charge in [0, 0.05) is 12.2 Å². The van der Waals surface area contributed by atoms with Crippen LogP contribution in [0.1, 0.15) is 37.1 Å². The highest BCUT2D eigenvalue weighted by atomic mass is 19.1. The highest BCUT2D eigenvalue weighted by Gasteiger charge is 2.32. The topological polar surface area (TPSA) is 55.1 Å². The maximum absolute atomic E-state index is 14.0. The van der Waals surface area contributed by atoms with E-state index in [0.717, 1.165) is 18.5 Å². The summed E-state index contributed by atoms with van der Waals surface area (Å²) in [6.45, 7) is 2.62. The molecule has 0 aliphatic heterocycles. The molecule has 2 aromatic rings. The molecule has 3 rings (SSSR count). The minimum atomic E-state index is -0.850. The molecule has 0 bridgehead atoms. The Labute approximate surface area is 122 Å². The summed E-state index contributed by atoms with van der Waals surface area (Å²) in [7, 11) is 0. The first-order valence-electron chi connectivity index (χ1n) is 7.20. The zero-order chi connectivity index (χ0) is 15.0. The number of nitrogens with zero attached hydrogens (tertiary/aromatic N) is 2. The zero-order valence-electron chi connectivity index (χ0n) is 11.8. The lowest BCUT2D eigenvalue weighted by Crippen LogP contribution is -2.19. The van der Waals surface area contributed by atoms with Gasteiger partial charge in [0.15, 0.2) is 0 Å². The average molecular weight is 288 g/mol. The molecule has 1 aromatic carbocycles. The fourth-order valence-electron chi connectivity index (χ4n) is 3.09. The van der Waals surface area contributed by atoms with Crippen LogP contribution < -0.4 is 0 Å². The summed E-state index contributed by atoms with van der Waals surface area (Å²) < 4.78 is 16.0. The molecule has 21 heavy (non-hydrogen) atoms. The Balaban J connectivity index is 2.19. The van der Waals surface area contributed by atoms with Crippen molar-refractivity contribution in [1.82, 2.24) is 9.55 Å². The second-order valence-corrected chi connectivity index (χ2v) is 5.27. The van der Waals surface area contributed by atoms with E-state index in [1.165, 1.54) is 6.07 Å². The van der Waals surface area contributed by atoms with E-state index in [-0.39, 0.29) is 5.82 Å². The number of carboxylic acid groups (broad SMARTS) is 1. The minimum Gasteiger partial charge on any atom is -0.481 e. The molecule has 1 heterocycles. The van der Waals surface area contributed by atoms with Crippen molar-refractivity contribution in [2.24, 2.45) is 0 Å². The van der Waals surface area contributed by atoms with Gasteiger partial charge in [-0.3, -0.25) is 4.79 Å². The molecule has 0 saturated carbocycles. The van der Waals surface area contributed by atoms with E-state index >= 15 is 0 Å². The van der Waals surface area contributed by atoms with Crippen molar-refractivity contribution in [1.29, 1.82) is 0 Å². The third kappa shape index (κ3) is 2.22. The van der Waals surface area contributed by atoms with Crippen molar-refractivity contribution < 1.29 is 14.3 Å². The number of aliphatic carboxylic acids is 1. The van der Waals surface area contributed by atoms with Crippen molar-refractivity contribution in [3.05, 3.63) is 41.5 Å². The maximum atomic E-state index is 14.0.